The Hall–Kier alpha value is -3.81. The van der Waals surface area contributed by atoms with Gasteiger partial charge in [-0.2, -0.15) is 10.1 Å². The number of ether oxygens (including phenoxy) is 2. The number of Topliss-reactive ketones (excluding diaryl/α,β-unsaturated/α-hetero) is 1. The highest BCUT2D eigenvalue weighted by atomic mass is 16.5. The summed E-state index contributed by atoms with van der Waals surface area (Å²) in [6.45, 7) is 0. The first-order chi connectivity index (χ1) is 15.1. The molecule has 1 aromatic heterocycles. The number of hydrogen-bond donors (Lipinski definition) is 2. The molecule has 8 nitrogen and oxygen atoms in total. The van der Waals surface area contributed by atoms with Crippen molar-refractivity contribution in [2.45, 2.75) is 24.8 Å². The zero-order valence-corrected chi connectivity index (χ0v) is 17.2. The second-order valence-electron chi connectivity index (χ2n) is 7.69. The fourth-order valence-electron chi connectivity index (χ4n) is 4.50. The van der Waals surface area contributed by atoms with E-state index in [0.717, 1.165) is 16.8 Å². The molecule has 2 aromatic carbocycles. The van der Waals surface area contributed by atoms with Crippen LogP contribution in [0.2, 0.25) is 0 Å². The minimum Gasteiger partial charge on any atom is -0.508 e. The molecule has 5 rings (SSSR count). The van der Waals surface area contributed by atoms with E-state index < -0.39 is 6.04 Å². The van der Waals surface area contributed by atoms with Crippen molar-refractivity contribution in [2.75, 3.05) is 19.5 Å². The first-order valence-corrected chi connectivity index (χ1v) is 10.0. The summed E-state index contributed by atoms with van der Waals surface area (Å²) < 4.78 is 12.5. The molecule has 0 bridgehead atoms. The number of aromatic hydroxyl groups is 1. The number of hydrogen-bond acceptors (Lipinski definition) is 7. The number of carbonyl (C=O) groups is 1. The van der Waals surface area contributed by atoms with Crippen LogP contribution < -0.4 is 14.8 Å². The van der Waals surface area contributed by atoms with E-state index in [1.807, 2.05) is 24.3 Å². The van der Waals surface area contributed by atoms with E-state index in [1.165, 1.54) is 6.33 Å². The predicted octanol–water partition coefficient (Wildman–Crippen LogP) is 3.42. The van der Waals surface area contributed by atoms with Crippen LogP contribution in [0.5, 0.6) is 17.2 Å². The predicted molar refractivity (Wildman–Crippen MR) is 113 cm³/mol. The van der Waals surface area contributed by atoms with Gasteiger partial charge in [-0.25, -0.2) is 4.68 Å². The molecule has 0 saturated carbocycles. The van der Waals surface area contributed by atoms with Gasteiger partial charge in [-0.1, -0.05) is 18.2 Å². The molecule has 0 amide bonds. The van der Waals surface area contributed by atoms with Crippen LogP contribution in [0.15, 0.2) is 60.1 Å². The number of nitrogens with zero attached hydrogens (tertiary/aromatic N) is 3. The number of anilines is 1. The molecule has 1 aliphatic heterocycles. The second-order valence-corrected chi connectivity index (χ2v) is 7.69. The molecule has 2 atom stereocenters. The molecule has 2 N–H and O–H groups in total. The molecule has 0 unspecified atom stereocenters. The van der Waals surface area contributed by atoms with Crippen LogP contribution >= 0.6 is 0 Å². The number of methoxy groups -OCH3 is 2. The summed E-state index contributed by atoms with van der Waals surface area (Å²) in [5, 5.41) is 17.6. The third kappa shape index (κ3) is 3.20. The number of phenols is 1. The Kier molecular flexibility index (Phi) is 4.62. The number of aromatic nitrogens is 3. The highest BCUT2D eigenvalue weighted by molar-refractivity contribution is 6.00. The van der Waals surface area contributed by atoms with E-state index in [9.17, 15) is 9.90 Å². The van der Waals surface area contributed by atoms with Gasteiger partial charge < -0.3 is 19.9 Å². The SMILES string of the molecule is COc1ccc([C@H]2CC(=O)C3=C(C2)Nc2ncnn2[C@H]3c2cccc(O)c2)cc1OC. The number of phenolic OH excluding ortho intramolecular Hbond substituents is 1. The minimum absolute atomic E-state index is 0.00199. The molecule has 1 aliphatic carbocycles. The van der Waals surface area contributed by atoms with Crippen molar-refractivity contribution in [3.63, 3.8) is 0 Å². The molecule has 3 aromatic rings. The lowest BCUT2D eigenvalue weighted by Crippen LogP contribution is -2.33. The maximum atomic E-state index is 13.4. The minimum atomic E-state index is -0.431. The average Bonchev–Trinajstić information content (AvgIpc) is 3.25. The van der Waals surface area contributed by atoms with Crippen LogP contribution in [0.4, 0.5) is 5.95 Å². The van der Waals surface area contributed by atoms with Crippen LogP contribution in [-0.4, -0.2) is 39.9 Å². The maximum absolute atomic E-state index is 13.4. The van der Waals surface area contributed by atoms with Crippen molar-refractivity contribution in [3.05, 3.63) is 71.2 Å². The highest BCUT2D eigenvalue weighted by Crippen LogP contribution is 2.45. The average molecular weight is 418 g/mol. The first kappa shape index (κ1) is 19.2. The Morgan fingerprint density at radius 1 is 1.06 bits per heavy atom. The third-order valence-electron chi connectivity index (χ3n) is 5.93. The summed E-state index contributed by atoms with van der Waals surface area (Å²) in [6, 6.07) is 12.3. The Morgan fingerprint density at radius 3 is 2.68 bits per heavy atom. The van der Waals surface area contributed by atoms with Crippen LogP contribution in [0, 0.1) is 0 Å². The zero-order valence-electron chi connectivity index (χ0n) is 17.2. The summed E-state index contributed by atoms with van der Waals surface area (Å²) >= 11 is 0. The molecular weight excluding hydrogens is 396 g/mol. The summed E-state index contributed by atoms with van der Waals surface area (Å²) in [7, 11) is 3.20. The van der Waals surface area contributed by atoms with Gasteiger partial charge in [-0.15, -0.1) is 0 Å². The fourth-order valence-corrected chi connectivity index (χ4v) is 4.50. The number of carbonyl (C=O) groups excluding carboxylic acids is 1. The van der Waals surface area contributed by atoms with Gasteiger partial charge in [0.1, 0.15) is 18.1 Å². The topological polar surface area (TPSA) is 98.5 Å². The van der Waals surface area contributed by atoms with Gasteiger partial charge in [-0.3, -0.25) is 4.79 Å². The normalized spacial score (nSPS) is 20.0. The largest absolute Gasteiger partial charge is 0.508 e. The third-order valence-corrected chi connectivity index (χ3v) is 5.93. The number of nitrogens with one attached hydrogen (secondary N) is 1. The van der Waals surface area contributed by atoms with Gasteiger partial charge in [0.25, 0.3) is 0 Å². The lowest BCUT2D eigenvalue weighted by atomic mass is 9.78. The van der Waals surface area contributed by atoms with Crippen LogP contribution in [0.3, 0.4) is 0 Å². The number of allylic oxidation sites excluding steroid dienone is 2. The number of fused-ring (bicyclic) bond motifs is 1. The lowest BCUT2D eigenvalue weighted by molar-refractivity contribution is -0.116. The van der Waals surface area contributed by atoms with Crippen molar-refractivity contribution in [3.8, 4) is 17.2 Å². The van der Waals surface area contributed by atoms with Gasteiger partial charge in [0.2, 0.25) is 5.95 Å². The van der Waals surface area contributed by atoms with Gasteiger partial charge in [0.15, 0.2) is 17.3 Å². The molecule has 158 valence electrons. The van der Waals surface area contributed by atoms with E-state index in [-0.39, 0.29) is 17.5 Å². The Balaban J connectivity index is 1.56. The van der Waals surface area contributed by atoms with E-state index >= 15 is 0 Å². The maximum Gasteiger partial charge on any atom is 0.226 e. The first-order valence-electron chi connectivity index (χ1n) is 10.0. The molecule has 0 spiro atoms. The second kappa shape index (κ2) is 7.46. The monoisotopic (exact) mass is 418 g/mol. The summed E-state index contributed by atoms with van der Waals surface area (Å²) in [4.78, 5) is 17.7. The molecule has 8 heteroatoms. The molecule has 2 aliphatic rings. The van der Waals surface area contributed by atoms with Gasteiger partial charge in [-0.05, 0) is 47.7 Å². The summed E-state index contributed by atoms with van der Waals surface area (Å²) in [5.74, 6) is 2.06. The lowest BCUT2D eigenvalue weighted by Gasteiger charge is -2.35. The van der Waals surface area contributed by atoms with Crippen molar-refractivity contribution in [1.82, 2.24) is 14.8 Å². The zero-order chi connectivity index (χ0) is 21.5. The Morgan fingerprint density at radius 2 is 1.90 bits per heavy atom. The van der Waals surface area contributed by atoms with Crippen molar-refractivity contribution >= 4 is 11.7 Å². The molecule has 31 heavy (non-hydrogen) atoms. The van der Waals surface area contributed by atoms with Gasteiger partial charge in [0, 0.05) is 17.7 Å². The molecule has 0 fully saturated rings. The van der Waals surface area contributed by atoms with Crippen molar-refractivity contribution in [2.24, 2.45) is 0 Å². The van der Waals surface area contributed by atoms with Crippen molar-refractivity contribution < 1.29 is 19.4 Å². The number of benzene rings is 2. The van der Waals surface area contributed by atoms with E-state index in [0.29, 0.717) is 35.9 Å². The smallest absolute Gasteiger partial charge is 0.226 e. The molecular formula is C23H22N4O4. The quantitative estimate of drug-likeness (QED) is 0.670. The van der Waals surface area contributed by atoms with Crippen LogP contribution in [-0.2, 0) is 4.79 Å². The molecule has 0 radical (unpaired) electrons. The molecule has 0 saturated heterocycles. The van der Waals surface area contributed by atoms with Gasteiger partial charge >= 0.3 is 0 Å². The van der Waals surface area contributed by atoms with Crippen LogP contribution in [0.25, 0.3) is 0 Å². The standard InChI is InChI=1S/C23H22N4O4/c1-30-19-7-6-13(11-20(19)31-2)15-9-17-21(18(29)10-15)22(14-4-3-5-16(28)8-14)27-23(26-17)24-12-25-27/h3-8,11-12,15,22,28H,9-10H2,1-2H3,(H,24,25,26)/t15-,22+/m1/s1. The highest BCUT2D eigenvalue weighted by Gasteiger charge is 2.39. The van der Waals surface area contributed by atoms with Crippen molar-refractivity contribution in [1.29, 1.82) is 0 Å². The molecule has 2 heterocycles. The summed E-state index contributed by atoms with van der Waals surface area (Å²) in [6.07, 6.45) is 2.49. The van der Waals surface area contributed by atoms with E-state index in [4.69, 9.17) is 9.47 Å². The number of ketones is 1. The Labute approximate surface area is 179 Å². The number of rotatable bonds is 4. The summed E-state index contributed by atoms with van der Waals surface area (Å²) in [5.41, 5.74) is 3.31. The van der Waals surface area contributed by atoms with Crippen LogP contribution in [0.1, 0.15) is 35.9 Å². The van der Waals surface area contributed by atoms with E-state index in [2.05, 4.69) is 15.4 Å². The Bertz CT molecular complexity index is 1200. The van der Waals surface area contributed by atoms with Gasteiger partial charge in [0.05, 0.1) is 14.2 Å². The van der Waals surface area contributed by atoms with E-state index in [1.54, 1.807) is 37.1 Å². The fraction of sp³-hybridized carbons (Fsp3) is 0.261.